The van der Waals surface area contributed by atoms with E-state index in [9.17, 15) is 8.42 Å². The van der Waals surface area contributed by atoms with Crippen molar-refractivity contribution in [2.24, 2.45) is 4.99 Å². The second kappa shape index (κ2) is 13.3. The molecule has 0 atom stereocenters. The molecule has 0 radical (unpaired) electrons. The van der Waals surface area contributed by atoms with Crippen LogP contribution >= 0.6 is 35.7 Å². The van der Waals surface area contributed by atoms with Gasteiger partial charge in [0.2, 0.25) is 10.0 Å². The standard InChI is InChI=1S/C22H30N4O2S2.HI/c1-2-23-22(24-14-17-29-20-8-4-3-5-9-20)25-18-19-10-12-21(13-11-19)30(27,28)26-15-6-7-16-26;/h3-5,8-13H,2,6-7,14-18H2,1H3,(H2,23,24,25);1H. The monoisotopic (exact) mass is 574 g/mol. The van der Waals surface area contributed by atoms with Crippen molar-refractivity contribution in [3.8, 4) is 0 Å². The van der Waals surface area contributed by atoms with Gasteiger partial charge < -0.3 is 10.6 Å². The van der Waals surface area contributed by atoms with Crippen molar-refractivity contribution in [1.82, 2.24) is 14.9 Å². The van der Waals surface area contributed by atoms with E-state index in [1.54, 1.807) is 28.2 Å². The normalized spacial score (nSPS) is 14.8. The highest BCUT2D eigenvalue weighted by Crippen LogP contribution is 2.21. The smallest absolute Gasteiger partial charge is 0.243 e. The molecular formula is C22H31IN4O2S2. The Morgan fingerprint density at radius 1 is 1.03 bits per heavy atom. The maximum atomic E-state index is 12.6. The van der Waals surface area contributed by atoms with E-state index in [1.165, 1.54) is 4.90 Å². The SMILES string of the molecule is CCNC(=NCc1ccc(S(=O)(=O)N2CCCC2)cc1)NCCSc1ccccc1.I. The summed E-state index contributed by atoms with van der Waals surface area (Å²) in [6.07, 6.45) is 1.88. The van der Waals surface area contributed by atoms with Crippen LogP contribution in [0.1, 0.15) is 25.3 Å². The van der Waals surface area contributed by atoms with Crippen molar-refractivity contribution < 1.29 is 8.42 Å². The quantitative estimate of drug-likeness (QED) is 0.156. The van der Waals surface area contributed by atoms with Crippen molar-refractivity contribution in [2.75, 3.05) is 31.9 Å². The second-order valence-electron chi connectivity index (χ2n) is 7.04. The third-order valence-corrected chi connectivity index (χ3v) is 7.72. The number of nitrogens with zero attached hydrogens (tertiary/aromatic N) is 2. The number of halogens is 1. The summed E-state index contributed by atoms with van der Waals surface area (Å²) in [6, 6.07) is 17.4. The first-order valence-electron chi connectivity index (χ1n) is 10.4. The Labute approximate surface area is 207 Å². The number of aliphatic imine (C=N–C) groups is 1. The molecule has 0 saturated carbocycles. The Morgan fingerprint density at radius 2 is 1.71 bits per heavy atom. The van der Waals surface area contributed by atoms with Gasteiger partial charge in [-0.15, -0.1) is 35.7 Å². The van der Waals surface area contributed by atoms with E-state index >= 15 is 0 Å². The molecule has 0 bridgehead atoms. The average Bonchev–Trinajstić information content (AvgIpc) is 3.32. The van der Waals surface area contributed by atoms with Gasteiger partial charge >= 0.3 is 0 Å². The van der Waals surface area contributed by atoms with Gasteiger partial charge in [0.15, 0.2) is 5.96 Å². The van der Waals surface area contributed by atoms with Gasteiger partial charge in [-0.2, -0.15) is 4.31 Å². The minimum Gasteiger partial charge on any atom is -0.357 e. The molecule has 0 spiro atoms. The maximum absolute atomic E-state index is 12.6. The number of hydrogen-bond donors (Lipinski definition) is 2. The molecule has 2 aromatic rings. The predicted octanol–water partition coefficient (Wildman–Crippen LogP) is 3.94. The first-order chi connectivity index (χ1) is 14.6. The van der Waals surface area contributed by atoms with Gasteiger partial charge in [-0.3, -0.25) is 0 Å². The molecule has 2 N–H and O–H groups in total. The molecule has 1 aliphatic rings. The van der Waals surface area contributed by atoms with Crippen LogP contribution < -0.4 is 10.6 Å². The van der Waals surface area contributed by atoms with Crippen LogP contribution in [0.4, 0.5) is 0 Å². The van der Waals surface area contributed by atoms with Crippen molar-refractivity contribution in [3.05, 3.63) is 60.2 Å². The number of hydrogen-bond acceptors (Lipinski definition) is 4. The fourth-order valence-corrected chi connectivity index (χ4v) is 5.52. The fourth-order valence-electron chi connectivity index (χ4n) is 3.21. The van der Waals surface area contributed by atoms with Gasteiger partial charge in [0.25, 0.3) is 0 Å². The van der Waals surface area contributed by atoms with Crippen LogP contribution in [0.25, 0.3) is 0 Å². The Bertz CT molecular complexity index is 916. The maximum Gasteiger partial charge on any atom is 0.243 e. The first-order valence-corrected chi connectivity index (χ1v) is 12.8. The molecule has 6 nitrogen and oxygen atoms in total. The molecule has 0 aliphatic carbocycles. The number of guanidine groups is 1. The summed E-state index contributed by atoms with van der Waals surface area (Å²) in [5, 5.41) is 6.60. The third-order valence-electron chi connectivity index (χ3n) is 4.80. The summed E-state index contributed by atoms with van der Waals surface area (Å²) in [6.45, 7) is 5.35. The highest BCUT2D eigenvalue weighted by atomic mass is 127. The van der Waals surface area contributed by atoms with Crippen LogP contribution in [0.15, 0.2) is 69.4 Å². The molecule has 0 unspecified atom stereocenters. The molecule has 9 heteroatoms. The van der Waals surface area contributed by atoms with Gasteiger partial charge in [0, 0.05) is 36.8 Å². The number of sulfonamides is 1. The van der Waals surface area contributed by atoms with Crippen LogP contribution in [0, 0.1) is 0 Å². The van der Waals surface area contributed by atoms with Gasteiger partial charge in [-0.25, -0.2) is 13.4 Å². The lowest BCUT2D eigenvalue weighted by molar-refractivity contribution is 0.477. The van der Waals surface area contributed by atoms with Crippen LogP contribution in [-0.4, -0.2) is 50.6 Å². The van der Waals surface area contributed by atoms with E-state index in [-0.39, 0.29) is 24.0 Å². The van der Waals surface area contributed by atoms with E-state index < -0.39 is 10.0 Å². The molecule has 31 heavy (non-hydrogen) atoms. The van der Waals surface area contributed by atoms with Gasteiger partial charge in [-0.1, -0.05) is 30.3 Å². The zero-order valence-corrected chi connectivity index (χ0v) is 21.8. The number of benzene rings is 2. The lowest BCUT2D eigenvalue weighted by Crippen LogP contribution is -2.38. The summed E-state index contributed by atoms with van der Waals surface area (Å²) in [4.78, 5) is 6.24. The topological polar surface area (TPSA) is 73.8 Å². The Hall–Kier alpha value is -1.30. The van der Waals surface area contributed by atoms with Crippen LogP contribution in [-0.2, 0) is 16.6 Å². The lowest BCUT2D eigenvalue weighted by Gasteiger charge is -2.15. The summed E-state index contributed by atoms with van der Waals surface area (Å²) in [5.41, 5.74) is 0.978. The van der Waals surface area contributed by atoms with E-state index in [0.29, 0.717) is 24.5 Å². The zero-order valence-electron chi connectivity index (χ0n) is 17.8. The third kappa shape index (κ3) is 7.96. The lowest BCUT2D eigenvalue weighted by atomic mass is 10.2. The first kappa shape index (κ1) is 26.0. The molecule has 2 aromatic carbocycles. The second-order valence-corrected chi connectivity index (χ2v) is 10.1. The largest absolute Gasteiger partial charge is 0.357 e. The van der Waals surface area contributed by atoms with Crippen molar-refractivity contribution in [3.63, 3.8) is 0 Å². The average molecular weight is 575 g/mol. The zero-order chi connectivity index (χ0) is 21.2. The van der Waals surface area contributed by atoms with Crippen LogP contribution in [0.3, 0.4) is 0 Å². The van der Waals surface area contributed by atoms with E-state index in [0.717, 1.165) is 43.2 Å². The van der Waals surface area contributed by atoms with Gasteiger partial charge in [0.05, 0.1) is 11.4 Å². The molecule has 0 amide bonds. The minimum absolute atomic E-state index is 0. The van der Waals surface area contributed by atoms with E-state index in [1.807, 2.05) is 37.3 Å². The molecular weight excluding hydrogens is 543 g/mol. The van der Waals surface area contributed by atoms with Gasteiger partial charge in [0.1, 0.15) is 0 Å². The van der Waals surface area contributed by atoms with Gasteiger partial charge in [-0.05, 0) is 49.6 Å². The van der Waals surface area contributed by atoms with E-state index in [2.05, 4.69) is 27.8 Å². The highest BCUT2D eigenvalue weighted by Gasteiger charge is 2.26. The van der Waals surface area contributed by atoms with Crippen LogP contribution in [0.2, 0.25) is 0 Å². The van der Waals surface area contributed by atoms with Crippen molar-refractivity contribution in [2.45, 2.75) is 36.1 Å². The Kier molecular flexibility index (Phi) is 11.1. The van der Waals surface area contributed by atoms with E-state index in [4.69, 9.17) is 0 Å². The molecule has 1 aliphatic heterocycles. The van der Waals surface area contributed by atoms with Crippen LogP contribution in [0.5, 0.6) is 0 Å². The summed E-state index contributed by atoms with van der Waals surface area (Å²) >= 11 is 1.80. The predicted molar refractivity (Wildman–Crippen MR) is 140 cm³/mol. The molecule has 1 fully saturated rings. The Morgan fingerprint density at radius 3 is 2.35 bits per heavy atom. The molecule has 3 rings (SSSR count). The van der Waals surface area contributed by atoms with Crippen molar-refractivity contribution >= 4 is 51.7 Å². The number of rotatable bonds is 9. The minimum atomic E-state index is -3.36. The Balaban J connectivity index is 0.00000341. The number of thioether (sulfide) groups is 1. The molecule has 0 aromatic heterocycles. The summed E-state index contributed by atoms with van der Waals surface area (Å²) < 4.78 is 26.8. The molecule has 1 heterocycles. The summed E-state index contributed by atoms with van der Waals surface area (Å²) in [5.74, 6) is 1.71. The number of nitrogens with one attached hydrogen (secondary N) is 2. The molecule has 170 valence electrons. The summed E-state index contributed by atoms with van der Waals surface area (Å²) in [7, 11) is -3.36. The molecule has 1 saturated heterocycles. The highest BCUT2D eigenvalue weighted by molar-refractivity contribution is 14.0. The van der Waals surface area contributed by atoms with Crippen molar-refractivity contribution in [1.29, 1.82) is 0 Å². The fraction of sp³-hybridized carbons (Fsp3) is 0.409.